The summed E-state index contributed by atoms with van der Waals surface area (Å²) in [5, 5.41) is 2.55. The number of hydrogen-bond donors (Lipinski definition) is 1. The number of amides is 1. The van der Waals surface area contributed by atoms with Gasteiger partial charge in [0.05, 0.1) is 13.2 Å². The van der Waals surface area contributed by atoms with Gasteiger partial charge in [0.2, 0.25) is 5.91 Å². The van der Waals surface area contributed by atoms with Crippen LogP contribution < -0.4 is 5.32 Å². The maximum atomic E-state index is 11.1. The Bertz CT molecular complexity index is 145. The minimum Gasteiger partial charge on any atom is -0.380 e. The highest BCUT2D eigenvalue weighted by molar-refractivity contribution is 5.80. The Morgan fingerprint density at radius 3 is 2.64 bits per heavy atom. The summed E-state index contributed by atoms with van der Waals surface area (Å²) in [6.45, 7) is 1.26. The Labute approximate surface area is 65.9 Å². The quantitative estimate of drug-likeness (QED) is 0.597. The molecule has 1 amide bonds. The summed E-state index contributed by atoms with van der Waals surface area (Å²) in [4.78, 5) is 11.1. The van der Waals surface area contributed by atoms with E-state index >= 15 is 0 Å². The molecular weight excluding hydrogens is 146 g/mol. The van der Waals surface area contributed by atoms with E-state index in [1.54, 1.807) is 7.05 Å². The average molecular weight is 159 g/mol. The van der Waals surface area contributed by atoms with Crippen LogP contribution in [0.2, 0.25) is 0 Å². The minimum absolute atomic E-state index is 0.0687. The molecule has 1 atom stereocenters. The summed E-state index contributed by atoms with van der Waals surface area (Å²) in [7, 11) is 3.14. The van der Waals surface area contributed by atoms with E-state index in [0.717, 1.165) is 0 Å². The zero-order chi connectivity index (χ0) is 8.27. The molecule has 0 bridgehead atoms. The predicted molar refractivity (Wildman–Crippen MR) is 39.2 cm³/mol. The molecule has 1 N–H and O–H groups in total. The molecule has 1 aliphatic rings. The molecule has 0 aromatic heterocycles. The first-order chi connectivity index (χ1) is 5.29. The summed E-state index contributed by atoms with van der Waals surface area (Å²) < 4.78 is 9.97. The van der Waals surface area contributed by atoms with E-state index in [0.29, 0.717) is 13.2 Å². The topological polar surface area (TPSA) is 47.6 Å². The molecular formula is C7H13NO3. The molecule has 0 radical (unpaired) electrons. The van der Waals surface area contributed by atoms with Gasteiger partial charge in [-0.05, 0) is 0 Å². The van der Waals surface area contributed by atoms with Crippen molar-refractivity contribution in [3.05, 3.63) is 0 Å². The molecule has 0 spiro atoms. The molecule has 1 heterocycles. The van der Waals surface area contributed by atoms with Crippen molar-refractivity contribution in [2.45, 2.75) is 6.10 Å². The van der Waals surface area contributed by atoms with Crippen molar-refractivity contribution in [1.29, 1.82) is 0 Å². The number of ether oxygens (including phenoxy) is 2. The van der Waals surface area contributed by atoms with E-state index in [-0.39, 0.29) is 17.9 Å². The van der Waals surface area contributed by atoms with E-state index < -0.39 is 0 Å². The van der Waals surface area contributed by atoms with Crippen molar-refractivity contribution < 1.29 is 14.3 Å². The third-order valence-electron chi connectivity index (χ3n) is 1.85. The summed E-state index contributed by atoms with van der Waals surface area (Å²) in [5.41, 5.74) is 0. The second-order valence-electron chi connectivity index (χ2n) is 2.57. The third-order valence-corrected chi connectivity index (χ3v) is 1.85. The van der Waals surface area contributed by atoms with Gasteiger partial charge in [-0.3, -0.25) is 4.79 Å². The SMILES string of the molecule is CNC(=O)C(OC)C1COC1. The molecule has 1 fully saturated rings. The first kappa shape index (κ1) is 8.49. The van der Waals surface area contributed by atoms with Crippen LogP contribution in [0.1, 0.15) is 0 Å². The van der Waals surface area contributed by atoms with Crippen molar-refractivity contribution in [3.63, 3.8) is 0 Å². The standard InChI is InChI=1S/C7H13NO3/c1-8-7(9)6(10-2)5-3-11-4-5/h5-6H,3-4H2,1-2H3,(H,8,9). The van der Waals surface area contributed by atoms with E-state index in [1.807, 2.05) is 0 Å². The van der Waals surface area contributed by atoms with Gasteiger partial charge >= 0.3 is 0 Å². The van der Waals surface area contributed by atoms with Crippen LogP contribution in [-0.4, -0.2) is 39.4 Å². The lowest BCUT2D eigenvalue weighted by atomic mass is 10.0. The summed E-state index contributed by atoms with van der Waals surface area (Å²) in [6.07, 6.45) is -0.339. The van der Waals surface area contributed by atoms with Gasteiger partial charge in [-0.15, -0.1) is 0 Å². The van der Waals surface area contributed by atoms with Crippen molar-refractivity contribution in [1.82, 2.24) is 5.32 Å². The van der Waals surface area contributed by atoms with Gasteiger partial charge in [-0.25, -0.2) is 0 Å². The number of carbonyl (C=O) groups is 1. The van der Waals surface area contributed by atoms with Gasteiger partial charge in [-0.2, -0.15) is 0 Å². The van der Waals surface area contributed by atoms with Crippen molar-refractivity contribution in [2.24, 2.45) is 5.92 Å². The zero-order valence-corrected chi connectivity index (χ0v) is 6.79. The van der Waals surface area contributed by atoms with Gasteiger partial charge in [0.15, 0.2) is 0 Å². The first-order valence-electron chi connectivity index (χ1n) is 3.61. The summed E-state index contributed by atoms with van der Waals surface area (Å²) in [6, 6.07) is 0. The fraction of sp³-hybridized carbons (Fsp3) is 0.857. The maximum Gasteiger partial charge on any atom is 0.249 e. The van der Waals surface area contributed by atoms with E-state index in [2.05, 4.69) is 5.32 Å². The van der Waals surface area contributed by atoms with E-state index in [4.69, 9.17) is 9.47 Å². The largest absolute Gasteiger partial charge is 0.380 e. The Morgan fingerprint density at radius 1 is 1.73 bits per heavy atom. The van der Waals surface area contributed by atoms with Crippen LogP contribution in [0.15, 0.2) is 0 Å². The summed E-state index contributed by atoms with van der Waals surface area (Å²) in [5.74, 6) is 0.167. The number of likely N-dealkylation sites (N-methyl/N-ethyl adjacent to an activating group) is 1. The Hall–Kier alpha value is -0.610. The molecule has 1 saturated heterocycles. The van der Waals surface area contributed by atoms with E-state index in [1.165, 1.54) is 7.11 Å². The smallest absolute Gasteiger partial charge is 0.249 e. The first-order valence-corrected chi connectivity index (χ1v) is 3.61. The van der Waals surface area contributed by atoms with Crippen molar-refractivity contribution in [3.8, 4) is 0 Å². The Balaban J connectivity index is 2.40. The van der Waals surface area contributed by atoms with Crippen LogP contribution in [0, 0.1) is 5.92 Å². The van der Waals surface area contributed by atoms with Gasteiger partial charge in [0.1, 0.15) is 6.10 Å². The van der Waals surface area contributed by atoms with Crippen molar-refractivity contribution in [2.75, 3.05) is 27.4 Å². The lowest BCUT2D eigenvalue weighted by Crippen LogP contribution is -2.47. The van der Waals surface area contributed by atoms with Gasteiger partial charge in [-0.1, -0.05) is 0 Å². The maximum absolute atomic E-state index is 11.1. The fourth-order valence-electron chi connectivity index (χ4n) is 1.08. The van der Waals surface area contributed by atoms with Crippen molar-refractivity contribution >= 4 is 5.91 Å². The molecule has 1 unspecified atom stereocenters. The second kappa shape index (κ2) is 3.69. The van der Waals surface area contributed by atoms with Gasteiger partial charge in [0, 0.05) is 20.1 Å². The molecule has 4 nitrogen and oxygen atoms in total. The molecule has 0 saturated carbocycles. The van der Waals surface area contributed by atoms with Crippen LogP contribution in [0.25, 0.3) is 0 Å². The molecule has 1 aliphatic heterocycles. The fourth-order valence-corrected chi connectivity index (χ4v) is 1.08. The molecule has 4 heteroatoms. The molecule has 1 rings (SSSR count). The lowest BCUT2D eigenvalue weighted by molar-refractivity contribution is -0.148. The Morgan fingerprint density at radius 2 is 2.36 bits per heavy atom. The number of nitrogens with one attached hydrogen (secondary N) is 1. The van der Waals surface area contributed by atoms with Gasteiger partial charge in [0.25, 0.3) is 0 Å². The summed E-state index contributed by atoms with van der Waals surface area (Å²) >= 11 is 0. The molecule has 64 valence electrons. The second-order valence-corrected chi connectivity index (χ2v) is 2.57. The number of hydrogen-bond acceptors (Lipinski definition) is 3. The molecule has 0 aliphatic carbocycles. The number of methoxy groups -OCH3 is 1. The Kier molecular flexibility index (Phi) is 2.84. The minimum atomic E-state index is -0.339. The van der Waals surface area contributed by atoms with Crippen LogP contribution in [0.5, 0.6) is 0 Å². The normalized spacial score (nSPS) is 20.5. The molecule has 11 heavy (non-hydrogen) atoms. The van der Waals surface area contributed by atoms with E-state index in [9.17, 15) is 4.79 Å². The van der Waals surface area contributed by atoms with Crippen LogP contribution in [0.3, 0.4) is 0 Å². The zero-order valence-electron chi connectivity index (χ0n) is 6.79. The lowest BCUT2D eigenvalue weighted by Gasteiger charge is -2.31. The predicted octanol–water partition coefficient (Wildman–Crippen LogP) is -0.606. The highest BCUT2D eigenvalue weighted by Crippen LogP contribution is 2.16. The number of rotatable bonds is 3. The third kappa shape index (κ3) is 1.70. The van der Waals surface area contributed by atoms with Crippen LogP contribution in [0.4, 0.5) is 0 Å². The average Bonchev–Trinajstić information content (AvgIpc) is 1.94. The van der Waals surface area contributed by atoms with Gasteiger partial charge < -0.3 is 14.8 Å². The number of carbonyl (C=O) groups excluding carboxylic acids is 1. The molecule has 0 aromatic carbocycles. The highest BCUT2D eigenvalue weighted by Gasteiger charge is 2.32. The molecule has 0 aromatic rings. The van der Waals surface area contributed by atoms with Crippen LogP contribution >= 0.6 is 0 Å². The monoisotopic (exact) mass is 159 g/mol. The highest BCUT2D eigenvalue weighted by atomic mass is 16.5. The van der Waals surface area contributed by atoms with Crippen LogP contribution in [-0.2, 0) is 14.3 Å².